The zero-order chi connectivity index (χ0) is 19.8. The van der Waals surface area contributed by atoms with Crippen LogP contribution in [0, 0.1) is 0 Å². The Morgan fingerprint density at radius 1 is 0.897 bits per heavy atom. The van der Waals surface area contributed by atoms with E-state index in [1.807, 2.05) is 12.1 Å². The Bertz CT molecular complexity index is 1140. The third-order valence-electron chi connectivity index (χ3n) is 5.41. The zero-order valence-electron chi connectivity index (χ0n) is 16.2. The number of nitrogen functional groups attached to an aromatic ring is 1. The number of aromatic nitrogens is 5. The highest BCUT2D eigenvalue weighted by Gasteiger charge is 2.17. The van der Waals surface area contributed by atoms with Crippen molar-refractivity contribution in [3.8, 4) is 22.4 Å². The van der Waals surface area contributed by atoms with Crippen LogP contribution in [0.1, 0.15) is 0 Å². The van der Waals surface area contributed by atoms with Crippen molar-refractivity contribution in [2.45, 2.75) is 0 Å². The molecule has 0 atom stereocenters. The molecule has 1 saturated heterocycles. The Kier molecular flexibility index (Phi) is 4.33. The number of fused-ring (bicyclic) bond motifs is 1. The summed E-state index contributed by atoms with van der Waals surface area (Å²) in [5.41, 5.74) is 11.6. The van der Waals surface area contributed by atoms with Gasteiger partial charge < -0.3 is 15.5 Å². The lowest BCUT2D eigenvalue weighted by atomic mass is 10.0. The second kappa shape index (κ2) is 7.14. The van der Waals surface area contributed by atoms with Gasteiger partial charge in [0, 0.05) is 55.4 Å². The van der Waals surface area contributed by atoms with E-state index in [9.17, 15) is 0 Å². The van der Waals surface area contributed by atoms with Crippen molar-refractivity contribution in [2.24, 2.45) is 0 Å². The topological polar surface area (TPSA) is 88.5 Å². The first-order valence-corrected chi connectivity index (χ1v) is 9.65. The predicted octanol–water partition coefficient (Wildman–Crippen LogP) is 2.19. The Morgan fingerprint density at radius 3 is 2.48 bits per heavy atom. The van der Waals surface area contributed by atoms with Crippen LogP contribution in [0.15, 0.2) is 55.0 Å². The van der Waals surface area contributed by atoms with Crippen molar-refractivity contribution in [1.29, 1.82) is 0 Å². The van der Waals surface area contributed by atoms with Gasteiger partial charge in [-0.3, -0.25) is 0 Å². The Morgan fingerprint density at radius 2 is 1.69 bits per heavy atom. The second-order valence-electron chi connectivity index (χ2n) is 7.28. The number of nitrogens with zero attached hydrogens (tertiary/aromatic N) is 7. The monoisotopic (exact) mass is 386 g/mol. The van der Waals surface area contributed by atoms with Crippen molar-refractivity contribution in [2.75, 3.05) is 43.9 Å². The minimum Gasteiger partial charge on any atom is -0.369 e. The van der Waals surface area contributed by atoms with Crippen molar-refractivity contribution in [1.82, 2.24) is 29.7 Å². The van der Waals surface area contributed by atoms with Gasteiger partial charge in [0.25, 0.3) is 0 Å². The van der Waals surface area contributed by atoms with Crippen molar-refractivity contribution < 1.29 is 0 Å². The molecule has 1 aliphatic rings. The molecule has 0 radical (unpaired) electrons. The molecule has 0 amide bonds. The van der Waals surface area contributed by atoms with E-state index in [2.05, 4.69) is 61.3 Å². The first-order chi connectivity index (χ1) is 14.2. The van der Waals surface area contributed by atoms with E-state index < -0.39 is 0 Å². The molecule has 0 bridgehead atoms. The summed E-state index contributed by atoms with van der Waals surface area (Å²) in [6.45, 7) is 4.25. The third-order valence-corrected chi connectivity index (χ3v) is 5.41. The van der Waals surface area contributed by atoms with Crippen molar-refractivity contribution >= 4 is 17.2 Å². The van der Waals surface area contributed by atoms with Gasteiger partial charge in [0.1, 0.15) is 0 Å². The molecule has 8 heteroatoms. The van der Waals surface area contributed by atoms with Crippen LogP contribution in [-0.2, 0) is 0 Å². The number of piperazine rings is 1. The van der Waals surface area contributed by atoms with E-state index in [1.54, 1.807) is 23.2 Å². The third kappa shape index (κ3) is 3.27. The molecule has 1 fully saturated rings. The summed E-state index contributed by atoms with van der Waals surface area (Å²) in [5.74, 6) is 0.237. The normalized spacial score (nSPS) is 15.1. The lowest BCUT2D eigenvalue weighted by Gasteiger charge is -2.34. The van der Waals surface area contributed by atoms with E-state index in [1.165, 1.54) is 5.69 Å². The highest BCUT2D eigenvalue weighted by atomic mass is 15.4. The summed E-state index contributed by atoms with van der Waals surface area (Å²) in [6.07, 6.45) is 5.25. The lowest BCUT2D eigenvalue weighted by Crippen LogP contribution is -2.44. The minimum atomic E-state index is 0.237. The second-order valence-corrected chi connectivity index (χ2v) is 7.28. The fraction of sp³-hybridized carbons (Fsp3) is 0.238. The number of anilines is 2. The summed E-state index contributed by atoms with van der Waals surface area (Å²) in [4.78, 5) is 13.5. The van der Waals surface area contributed by atoms with E-state index in [4.69, 9.17) is 5.73 Å². The average molecular weight is 386 g/mol. The van der Waals surface area contributed by atoms with E-state index in [0.29, 0.717) is 0 Å². The summed E-state index contributed by atoms with van der Waals surface area (Å²) in [7, 11) is 2.17. The van der Waals surface area contributed by atoms with Crippen LogP contribution in [0.2, 0.25) is 0 Å². The van der Waals surface area contributed by atoms with Gasteiger partial charge in [-0.25, -0.2) is 9.97 Å². The molecule has 2 N–H and O–H groups in total. The number of likely N-dealkylation sites (N-methyl/N-ethyl adjacent to an activating group) is 1. The number of rotatable bonds is 3. The van der Waals surface area contributed by atoms with Crippen LogP contribution in [0.4, 0.5) is 11.6 Å². The molecule has 3 aromatic heterocycles. The van der Waals surface area contributed by atoms with Gasteiger partial charge in [0.2, 0.25) is 5.95 Å². The lowest BCUT2D eigenvalue weighted by molar-refractivity contribution is 0.313. The molecule has 146 valence electrons. The summed E-state index contributed by atoms with van der Waals surface area (Å²) in [5, 5.41) is 8.58. The first-order valence-electron chi connectivity index (χ1n) is 9.65. The van der Waals surface area contributed by atoms with Crippen LogP contribution in [0.25, 0.3) is 27.9 Å². The maximum Gasteiger partial charge on any atom is 0.220 e. The van der Waals surface area contributed by atoms with Gasteiger partial charge in [-0.15, -0.1) is 0 Å². The fourth-order valence-electron chi connectivity index (χ4n) is 3.74. The van der Waals surface area contributed by atoms with Crippen LogP contribution in [0.3, 0.4) is 0 Å². The van der Waals surface area contributed by atoms with E-state index in [0.717, 1.165) is 54.1 Å². The Balaban J connectivity index is 1.53. The van der Waals surface area contributed by atoms with Gasteiger partial charge in [0.15, 0.2) is 0 Å². The molecule has 29 heavy (non-hydrogen) atoms. The molecule has 0 aliphatic carbocycles. The Hall–Kier alpha value is -3.52. The first kappa shape index (κ1) is 17.6. The predicted molar refractivity (Wildman–Crippen MR) is 114 cm³/mol. The molecule has 0 saturated carbocycles. The van der Waals surface area contributed by atoms with Crippen LogP contribution in [0.5, 0.6) is 0 Å². The van der Waals surface area contributed by atoms with Crippen molar-refractivity contribution in [3.05, 3.63) is 55.0 Å². The van der Waals surface area contributed by atoms with E-state index >= 15 is 0 Å². The molecule has 1 aliphatic heterocycles. The molecular formula is C21H22N8. The number of hydrogen-bond acceptors (Lipinski definition) is 7. The quantitative estimate of drug-likeness (QED) is 0.577. The summed E-state index contributed by atoms with van der Waals surface area (Å²) in [6, 6.07) is 12.4. The van der Waals surface area contributed by atoms with Crippen LogP contribution in [-0.4, -0.2) is 62.9 Å². The van der Waals surface area contributed by atoms with Crippen molar-refractivity contribution in [3.63, 3.8) is 0 Å². The largest absolute Gasteiger partial charge is 0.369 e. The zero-order valence-corrected chi connectivity index (χ0v) is 16.2. The highest BCUT2D eigenvalue weighted by Crippen LogP contribution is 2.33. The molecule has 4 heterocycles. The highest BCUT2D eigenvalue weighted by molar-refractivity contribution is 5.88. The number of hydrogen-bond donors (Lipinski definition) is 1. The number of benzene rings is 1. The molecule has 8 nitrogen and oxygen atoms in total. The molecule has 1 aromatic carbocycles. The van der Waals surface area contributed by atoms with Gasteiger partial charge >= 0.3 is 0 Å². The van der Waals surface area contributed by atoms with Gasteiger partial charge in [-0.05, 0) is 36.9 Å². The SMILES string of the molecule is CN1CCN(c2ccc(-c3cnc(N)nc3-c3cnn4ncccc34)cc2)CC1. The summed E-state index contributed by atoms with van der Waals surface area (Å²) < 4.78 is 1.59. The molecule has 0 spiro atoms. The molecule has 4 aromatic rings. The minimum absolute atomic E-state index is 0.237. The smallest absolute Gasteiger partial charge is 0.220 e. The standard InChI is InChI=1S/C21H22N8/c1-27-9-11-28(12-10-27)16-6-4-15(5-7-16)17-13-23-21(22)26-20(17)18-14-25-29-19(18)3-2-8-24-29/h2-8,13-14H,9-12H2,1H3,(H2,22,23,26). The Labute approximate surface area is 168 Å². The maximum absolute atomic E-state index is 5.91. The van der Waals surface area contributed by atoms with Crippen LogP contribution >= 0.6 is 0 Å². The van der Waals surface area contributed by atoms with Crippen LogP contribution < -0.4 is 10.6 Å². The molecule has 5 rings (SSSR count). The van der Waals surface area contributed by atoms with Gasteiger partial charge in [-0.1, -0.05) is 12.1 Å². The molecular weight excluding hydrogens is 364 g/mol. The number of nitrogens with two attached hydrogens (primary N) is 1. The van der Waals surface area contributed by atoms with E-state index in [-0.39, 0.29) is 5.95 Å². The summed E-state index contributed by atoms with van der Waals surface area (Å²) >= 11 is 0. The fourth-order valence-corrected chi connectivity index (χ4v) is 3.74. The van der Waals surface area contributed by atoms with Gasteiger partial charge in [-0.2, -0.15) is 14.8 Å². The van der Waals surface area contributed by atoms with Gasteiger partial charge in [0.05, 0.1) is 17.4 Å². The maximum atomic E-state index is 5.91. The average Bonchev–Trinajstić information content (AvgIpc) is 3.19. The molecule has 0 unspecified atom stereocenters.